The van der Waals surface area contributed by atoms with Crippen LogP contribution in [0.2, 0.25) is 0 Å². The highest BCUT2D eigenvalue weighted by Crippen LogP contribution is 2.21. The first-order valence-corrected chi connectivity index (χ1v) is 9.15. The molecule has 27 heavy (non-hydrogen) atoms. The molecule has 0 atom stereocenters. The number of nitrogens with zero attached hydrogens (tertiary/aromatic N) is 2. The largest absolute Gasteiger partial charge is 0.461 e. The minimum atomic E-state index is -3.87. The summed E-state index contributed by atoms with van der Waals surface area (Å²) in [4.78, 5) is 16.8. The molecule has 0 radical (unpaired) electrons. The van der Waals surface area contributed by atoms with Crippen molar-refractivity contribution in [3.63, 3.8) is 0 Å². The first kappa shape index (κ1) is 18.8. The van der Waals surface area contributed by atoms with Gasteiger partial charge < -0.3 is 13.7 Å². The predicted molar refractivity (Wildman–Crippen MR) is 91.7 cm³/mol. The third-order valence-corrected chi connectivity index (χ3v) is 5.31. The molecule has 0 aliphatic rings. The molecule has 0 spiro atoms. The van der Waals surface area contributed by atoms with Gasteiger partial charge in [-0.15, -0.1) is 0 Å². The molecule has 0 bridgehead atoms. The fourth-order valence-corrected chi connectivity index (χ4v) is 3.19. The van der Waals surface area contributed by atoms with E-state index in [4.69, 9.17) is 18.5 Å². The van der Waals surface area contributed by atoms with Crippen LogP contribution in [-0.4, -0.2) is 38.2 Å². The molecule has 10 heteroatoms. The molecule has 9 nitrogen and oxygen atoms in total. The maximum atomic E-state index is 12.3. The van der Waals surface area contributed by atoms with Gasteiger partial charge >= 0.3 is 5.97 Å². The summed E-state index contributed by atoms with van der Waals surface area (Å²) >= 11 is 0. The van der Waals surface area contributed by atoms with Gasteiger partial charge in [-0.05, 0) is 30.3 Å². The van der Waals surface area contributed by atoms with Crippen LogP contribution >= 0.6 is 0 Å². The number of aromatic nitrogens is 1. The molecule has 0 aliphatic carbocycles. The quantitative estimate of drug-likeness (QED) is 0.445. The number of ether oxygens (including phenoxy) is 1. The number of sulfonamides is 1. The number of furan rings is 1. The first-order valence-electron chi connectivity index (χ1n) is 7.71. The van der Waals surface area contributed by atoms with Crippen molar-refractivity contribution in [2.75, 3.05) is 14.2 Å². The van der Waals surface area contributed by atoms with Gasteiger partial charge in [-0.25, -0.2) is 13.2 Å². The zero-order valence-corrected chi connectivity index (χ0v) is 15.3. The summed E-state index contributed by atoms with van der Waals surface area (Å²) in [6.45, 7) is -0.141. The minimum absolute atomic E-state index is 0.0790. The summed E-state index contributed by atoms with van der Waals surface area (Å²) in [5.41, 5.74) is 0.466. The minimum Gasteiger partial charge on any atom is -0.461 e. The molecule has 3 rings (SSSR count). The molecule has 3 aromatic rings. The summed E-state index contributed by atoms with van der Waals surface area (Å²) in [6, 6.07) is 10.5. The van der Waals surface area contributed by atoms with Crippen molar-refractivity contribution in [3.8, 4) is 11.5 Å². The third-order valence-electron chi connectivity index (χ3n) is 3.64. The lowest BCUT2D eigenvalue weighted by Crippen LogP contribution is -2.25. The second-order valence-electron chi connectivity index (χ2n) is 5.36. The molecule has 0 saturated heterocycles. The lowest BCUT2D eigenvalue weighted by Gasteiger charge is -2.14. The average Bonchev–Trinajstić information content (AvgIpc) is 3.37. The number of rotatable bonds is 7. The third kappa shape index (κ3) is 4.08. The van der Waals surface area contributed by atoms with Crippen molar-refractivity contribution in [3.05, 3.63) is 60.0 Å². The summed E-state index contributed by atoms with van der Waals surface area (Å²) in [6.07, 6.45) is 1.50. The predicted octanol–water partition coefficient (Wildman–Crippen LogP) is 2.47. The van der Waals surface area contributed by atoms with Crippen molar-refractivity contribution < 1.29 is 31.7 Å². The Hall–Kier alpha value is -2.95. The summed E-state index contributed by atoms with van der Waals surface area (Å²) in [5.74, 6) is 0.205. The highest BCUT2D eigenvalue weighted by Gasteiger charge is 2.22. The molecule has 0 amide bonds. The van der Waals surface area contributed by atoms with E-state index >= 15 is 0 Å². The first-order chi connectivity index (χ1) is 12.9. The van der Waals surface area contributed by atoms with E-state index in [0.717, 1.165) is 0 Å². The number of carbonyl (C=O) groups excluding carboxylic acids is 1. The Bertz CT molecular complexity index is 1030. The zero-order valence-electron chi connectivity index (χ0n) is 14.5. The molecule has 0 aliphatic heterocycles. The summed E-state index contributed by atoms with van der Waals surface area (Å²) < 4.78 is 40.7. The fraction of sp³-hybridized carbons (Fsp3) is 0.176. The van der Waals surface area contributed by atoms with E-state index in [1.165, 1.54) is 44.7 Å². The van der Waals surface area contributed by atoms with Crippen molar-refractivity contribution in [1.82, 2.24) is 9.63 Å². The molecule has 142 valence electrons. The lowest BCUT2D eigenvalue weighted by molar-refractivity contribution is -0.0258. The molecular formula is C17H16N2O7S. The van der Waals surface area contributed by atoms with Crippen LogP contribution in [0.1, 0.15) is 16.1 Å². The van der Waals surface area contributed by atoms with Crippen molar-refractivity contribution in [1.29, 1.82) is 0 Å². The van der Waals surface area contributed by atoms with Crippen LogP contribution in [0.25, 0.3) is 11.5 Å². The van der Waals surface area contributed by atoms with Crippen LogP contribution in [-0.2, 0) is 26.2 Å². The van der Waals surface area contributed by atoms with Crippen LogP contribution in [0.15, 0.2) is 62.6 Å². The second kappa shape index (κ2) is 7.74. The highest BCUT2D eigenvalue weighted by molar-refractivity contribution is 7.89. The van der Waals surface area contributed by atoms with Crippen LogP contribution in [0.3, 0.4) is 0 Å². The van der Waals surface area contributed by atoms with Gasteiger partial charge in [0.05, 0.1) is 23.8 Å². The number of benzene rings is 1. The van der Waals surface area contributed by atoms with Gasteiger partial charge in [0.2, 0.25) is 5.76 Å². The Labute approximate surface area is 155 Å². The van der Waals surface area contributed by atoms with E-state index < -0.39 is 16.0 Å². The van der Waals surface area contributed by atoms with Crippen LogP contribution in [0, 0.1) is 0 Å². The van der Waals surface area contributed by atoms with Gasteiger partial charge in [0.25, 0.3) is 10.0 Å². The van der Waals surface area contributed by atoms with E-state index in [1.807, 2.05) is 0 Å². The Morgan fingerprint density at radius 2 is 2.00 bits per heavy atom. The molecule has 2 aromatic heterocycles. The highest BCUT2D eigenvalue weighted by atomic mass is 32.2. The summed E-state index contributed by atoms with van der Waals surface area (Å²) in [5, 5.41) is 3.80. The van der Waals surface area contributed by atoms with Gasteiger partial charge in [-0.2, -0.15) is 0 Å². The Kier molecular flexibility index (Phi) is 5.40. The number of hydroxylamine groups is 1. The monoisotopic (exact) mass is 392 g/mol. The number of hydrogen-bond acceptors (Lipinski definition) is 8. The van der Waals surface area contributed by atoms with Gasteiger partial charge in [-0.1, -0.05) is 15.7 Å². The molecule has 0 fully saturated rings. The fourth-order valence-electron chi connectivity index (χ4n) is 2.17. The molecule has 1 aromatic carbocycles. The SMILES string of the molecule is CON(C)S(=O)(=O)c1cccc(C(=O)OCc2cc(-c3ccco3)on2)c1. The van der Waals surface area contributed by atoms with Gasteiger partial charge in [0.15, 0.2) is 5.76 Å². The molecule has 2 heterocycles. The number of hydrogen-bond donors (Lipinski definition) is 0. The lowest BCUT2D eigenvalue weighted by atomic mass is 10.2. The smallest absolute Gasteiger partial charge is 0.338 e. The van der Waals surface area contributed by atoms with Crippen LogP contribution in [0.5, 0.6) is 0 Å². The molecule has 0 unspecified atom stereocenters. The molecule has 0 saturated carbocycles. The van der Waals surface area contributed by atoms with Crippen LogP contribution in [0.4, 0.5) is 0 Å². The van der Waals surface area contributed by atoms with Crippen LogP contribution < -0.4 is 0 Å². The van der Waals surface area contributed by atoms with Gasteiger partial charge in [0.1, 0.15) is 12.3 Å². The summed E-state index contributed by atoms with van der Waals surface area (Å²) in [7, 11) is -1.39. The topological polar surface area (TPSA) is 112 Å². The van der Waals surface area contributed by atoms with E-state index in [0.29, 0.717) is 21.7 Å². The Morgan fingerprint density at radius 3 is 2.70 bits per heavy atom. The molecule has 0 N–H and O–H groups in total. The van der Waals surface area contributed by atoms with Crippen molar-refractivity contribution >= 4 is 16.0 Å². The van der Waals surface area contributed by atoms with E-state index in [1.54, 1.807) is 18.2 Å². The van der Waals surface area contributed by atoms with Gasteiger partial charge in [-0.3, -0.25) is 4.84 Å². The van der Waals surface area contributed by atoms with E-state index in [9.17, 15) is 13.2 Å². The van der Waals surface area contributed by atoms with E-state index in [2.05, 4.69) is 5.16 Å². The molecular weight excluding hydrogens is 376 g/mol. The maximum absolute atomic E-state index is 12.3. The van der Waals surface area contributed by atoms with E-state index in [-0.39, 0.29) is 17.1 Å². The maximum Gasteiger partial charge on any atom is 0.338 e. The standard InChI is InChI=1S/C17H16N2O7S/c1-19(23-2)27(21,22)14-6-3-5-12(9-14)17(20)25-11-13-10-16(26-18-13)15-7-4-8-24-15/h3-10H,11H2,1-2H3. The second-order valence-corrected chi connectivity index (χ2v) is 7.30. The number of carbonyl (C=O) groups is 1. The van der Waals surface area contributed by atoms with Crippen molar-refractivity contribution in [2.24, 2.45) is 0 Å². The van der Waals surface area contributed by atoms with Gasteiger partial charge in [0, 0.05) is 13.1 Å². The normalized spacial score (nSPS) is 11.7. The average molecular weight is 392 g/mol. The number of esters is 1. The van der Waals surface area contributed by atoms with Crippen molar-refractivity contribution in [2.45, 2.75) is 11.5 Å². The Balaban J connectivity index is 1.69. The Morgan fingerprint density at radius 1 is 1.19 bits per heavy atom. The zero-order chi connectivity index (χ0) is 19.4.